The second-order valence-corrected chi connectivity index (χ2v) is 10.5. The smallest absolute Gasteiger partial charge is 0.409 e. The van der Waals surface area contributed by atoms with Gasteiger partial charge in [0.05, 0.1) is 18.8 Å². The van der Waals surface area contributed by atoms with Gasteiger partial charge in [-0.15, -0.1) is 11.3 Å². The molecule has 1 aromatic carbocycles. The first kappa shape index (κ1) is 24.3. The number of piperazine rings is 1. The van der Waals surface area contributed by atoms with E-state index in [2.05, 4.69) is 26.1 Å². The Morgan fingerprint density at radius 1 is 1.15 bits per heavy atom. The van der Waals surface area contributed by atoms with Crippen molar-refractivity contribution in [1.82, 2.24) is 14.8 Å². The molecule has 0 bridgehead atoms. The van der Waals surface area contributed by atoms with Crippen molar-refractivity contribution in [1.29, 1.82) is 0 Å². The van der Waals surface area contributed by atoms with Gasteiger partial charge in [0.15, 0.2) is 16.6 Å². The summed E-state index contributed by atoms with van der Waals surface area (Å²) in [4.78, 5) is 34.2. The van der Waals surface area contributed by atoms with E-state index in [1.807, 2.05) is 23.1 Å². The Hall–Kier alpha value is -2.85. The first-order valence-electron chi connectivity index (χ1n) is 11.6. The Bertz CT molecular complexity index is 1040. The highest BCUT2D eigenvalue weighted by molar-refractivity contribution is 7.15. The highest BCUT2D eigenvalue weighted by atomic mass is 32.1. The Morgan fingerprint density at radius 3 is 2.59 bits per heavy atom. The zero-order chi connectivity index (χ0) is 24.3. The Labute approximate surface area is 204 Å². The van der Waals surface area contributed by atoms with Gasteiger partial charge in [-0.1, -0.05) is 26.8 Å². The summed E-state index contributed by atoms with van der Waals surface area (Å²) in [6.45, 7) is 11.4. The van der Waals surface area contributed by atoms with Crippen LogP contribution in [0.1, 0.15) is 43.8 Å². The maximum Gasteiger partial charge on any atom is 0.409 e. The molecule has 0 aliphatic carbocycles. The zero-order valence-corrected chi connectivity index (χ0v) is 21.0. The number of amides is 2. The molecule has 184 valence electrons. The minimum atomic E-state index is -0.293. The lowest BCUT2D eigenvalue weighted by Gasteiger charge is -2.33. The number of nitrogens with one attached hydrogen (secondary N) is 1. The lowest BCUT2D eigenvalue weighted by atomic mass is 9.90. The van der Waals surface area contributed by atoms with E-state index in [4.69, 9.17) is 19.2 Å². The molecule has 0 saturated carbocycles. The molecule has 2 aromatic rings. The summed E-state index contributed by atoms with van der Waals surface area (Å²) in [5, 5.41) is 3.59. The van der Waals surface area contributed by atoms with Crippen molar-refractivity contribution in [3.63, 3.8) is 0 Å². The van der Waals surface area contributed by atoms with Crippen molar-refractivity contribution in [2.75, 3.05) is 51.4 Å². The second kappa shape index (κ2) is 10.2. The molecule has 2 amide bonds. The summed E-state index contributed by atoms with van der Waals surface area (Å²) in [7, 11) is 0. The van der Waals surface area contributed by atoms with Gasteiger partial charge in [0, 0.05) is 42.9 Å². The van der Waals surface area contributed by atoms with Crippen LogP contribution in [-0.2, 0) is 21.4 Å². The van der Waals surface area contributed by atoms with E-state index in [0.717, 1.165) is 27.6 Å². The standard InChI is InChI=1S/C24H32N4O5S/c1-5-31-23(30)28-10-8-27(9-11-28)14-20(29)25-22-26-21(24(2,3)4)19(34-22)13-16-6-7-17-18(12-16)33-15-32-17/h6-7,12H,5,8-11,13-15H2,1-4H3,(H,25,26,29). The predicted molar refractivity (Wildman–Crippen MR) is 130 cm³/mol. The van der Waals surface area contributed by atoms with Gasteiger partial charge in [-0.3, -0.25) is 9.69 Å². The van der Waals surface area contributed by atoms with Gasteiger partial charge in [-0.25, -0.2) is 9.78 Å². The number of carbonyl (C=O) groups is 2. The van der Waals surface area contributed by atoms with Gasteiger partial charge in [0.1, 0.15) is 0 Å². The Morgan fingerprint density at radius 2 is 1.88 bits per heavy atom. The van der Waals surface area contributed by atoms with E-state index >= 15 is 0 Å². The fraction of sp³-hybridized carbons (Fsp3) is 0.542. The number of thiazole rings is 1. The fourth-order valence-corrected chi connectivity index (χ4v) is 5.24. The number of fused-ring (bicyclic) bond motifs is 1. The molecule has 9 nitrogen and oxygen atoms in total. The molecule has 1 N–H and O–H groups in total. The molecule has 0 spiro atoms. The van der Waals surface area contributed by atoms with E-state index in [1.165, 1.54) is 11.3 Å². The monoisotopic (exact) mass is 488 g/mol. The van der Waals surface area contributed by atoms with Gasteiger partial charge in [0.25, 0.3) is 0 Å². The molecule has 0 radical (unpaired) electrons. The number of carbonyl (C=O) groups excluding carboxylic acids is 2. The van der Waals surface area contributed by atoms with Crippen molar-refractivity contribution in [3.05, 3.63) is 34.3 Å². The minimum Gasteiger partial charge on any atom is -0.454 e. The van der Waals surface area contributed by atoms with Gasteiger partial charge in [-0.2, -0.15) is 0 Å². The van der Waals surface area contributed by atoms with E-state index in [1.54, 1.807) is 11.8 Å². The molecule has 34 heavy (non-hydrogen) atoms. The molecule has 0 atom stereocenters. The van der Waals surface area contributed by atoms with Crippen LogP contribution in [-0.4, -0.2) is 72.9 Å². The largest absolute Gasteiger partial charge is 0.454 e. The number of hydrogen-bond acceptors (Lipinski definition) is 8. The summed E-state index contributed by atoms with van der Waals surface area (Å²) in [6, 6.07) is 5.97. The van der Waals surface area contributed by atoms with Crippen molar-refractivity contribution in [3.8, 4) is 11.5 Å². The average molecular weight is 489 g/mol. The van der Waals surface area contributed by atoms with Gasteiger partial charge in [0.2, 0.25) is 12.7 Å². The van der Waals surface area contributed by atoms with Gasteiger partial charge in [-0.05, 0) is 24.6 Å². The molecule has 1 aromatic heterocycles. The van der Waals surface area contributed by atoms with Crippen molar-refractivity contribution < 1.29 is 23.8 Å². The molecule has 0 unspecified atom stereocenters. The summed E-state index contributed by atoms with van der Waals surface area (Å²) in [6.07, 6.45) is 0.408. The number of rotatable bonds is 6. The summed E-state index contributed by atoms with van der Waals surface area (Å²) in [5.41, 5.74) is 1.93. The van der Waals surface area contributed by atoms with Crippen molar-refractivity contribution >= 4 is 28.5 Å². The highest BCUT2D eigenvalue weighted by Gasteiger charge is 2.26. The van der Waals surface area contributed by atoms with E-state index in [0.29, 0.717) is 44.3 Å². The molecule has 1 fully saturated rings. The quantitative estimate of drug-likeness (QED) is 0.665. The normalized spacial score (nSPS) is 15.9. The maximum atomic E-state index is 12.7. The zero-order valence-electron chi connectivity index (χ0n) is 20.2. The van der Waals surface area contributed by atoms with Crippen LogP contribution >= 0.6 is 11.3 Å². The van der Waals surface area contributed by atoms with Crippen LogP contribution in [0.4, 0.5) is 9.93 Å². The number of anilines is 1. The number of ether oxygens (including phenoxy) is 3. The topological polar surface area (TPSA) is 93.2 Å². The molecule has 4 rings (SSSR count). The van der Waals surface area contributed by atoms with Crippen LogP contribution in [0, 0.1) is 0 Å². The number of benzene rings is 1. The van der Waals surface area contributed by atoms with Crippen LogP contribution in [0.25, 0.3) is 0 Å². The SMILES string of the molecule is CCOC(=O)N1CCN(CC(=O)Nc2nc(C(C)(C)C)c(Cc3ccc4c(c3)OCO4)s2)CC1. The van der Waals surface area contributed by atoms with E-state index in [-0.39, 0.29) is 30.8 Å². The lowest BCUT2D eigenvalue weighted by molar-refractivity contribution is -0.117. The lowest BCUT2D eigenvalue weighted by Crippen LogP contribution is -2.50. The van der Waals surface area contributed by atoms with E-state index in [9.17, 15) is 9.59 Å². The second-order valence-electron chi connectivity index (χ2n) is 9.42. The molecule has 2 aliphatic heterocycles. The van der Waals surface area contributed by atoms with Crippen molar-refractivity contribution in [2.45, 2.75) is 39.5 Å². The van der Waals surface area contributed by atoms with Gasteiger partial charge >= 0.3 is 6.09 Å². The molecule has 1 saturated heterocycles. The van der Waals surface area contributed by atoms with Gasteiger partial charge < -0.3 is 24.4 Å². The van der Waals surface area contributed by atoms with Crippen LogP contribution in [0.5, 0.6) is 11.5 Å². The number of aromatic nitrogens is 1. The molecular formula is C24H32N4O5S. The summed E-state index contributed by atoms with van der Waals surface area (Å²) < 4.78 is 16.0. The third-order valence-corrected chi connectivity index (χ3v) is 6.69. The molecule has 2 aliphatic rings. The summed E-state index contributed by atoms with van der Waals surface area (Å²) >= 11 is 1.51. The summed E-state index contributed by atoms with van der Waals surface area (Å²) in [5.74, 6) is 1.42. The molecule has 10 heteroatoms. The van der Waals surface area contributed by atoms with Crippen LogP contribution in [0.3, 0.4) is 0 Å². The van der Waals surface area contributed by atoms with Crippen molar-refractivity contribution in [2.24, 2.45) is 0 Å². The third-order valence-electron chi connectivity index (χ3n) is 5.72. The van der Waals surface area contributed by atoms with E-state index < -0.39 is 0 Å². The van der Waals surface area contributed by atoms with Crippen LogP contribution in [0.2, 0.25) is 0 Å². The Balaban J connectivity index is 1.38. The predicted octanol–water partition coefficient (Wildman–Crippen LogP) is 3.47. The third kappa shape index (κ3) is 5.79. The van der Waals surface area contributed by atoms with Crippen LogP contribution in [0.15, 0.2) is 18.2 Å². The Kier molecular flexibility index (Phi) is 7.27. The van der Waals surface area contributed by atoms with Crippen LogP contribution < -0.4 is 14.8 Å². The first-order valence-corrected chi connectivity index (χ1v) is 12.4. The molecular weight excluding hydrogens is 456 g/mol. The maximum absolute atomic E-state index is 12.7. The number of nitrogens with zero attached hydrogens (tertiary/aromatic N) is 3. The minimum absolute atomic E-state index is 0.103. The number of hydrogen-bond donors (Lipinski definition) is 1. The first-order chi connectivity index (χ1) is 16.2. The fourth-order valence-electron chi connectivity index (χ4n) is 4.01. The molecule has 3 heterocycles. The highest BCUT2D eigenvalue weighted by Crippen LogP contribution is 2.37. The average Bonchev–Trinajstić information content (AvgIpc) is 3.40.